The quantitative estimate of drug-likeness (QED) is 0.771. The molecule has 30 heavy (non-hydrogen) atoms. The third-order valence-electron chi connectivity index (χ3n) is 4.90. The molecule has 0 bridgehead atoms. The van der Waals surface area contributed by atoms with Crippen molar-refractivity contribution in [2.75, 3.05) is 20.1 Å². The van der Waals surface area contributed by atoms with Crippen molar-refractivity contribution in [1.29, 1.82) is 0 Å². The van der Waals surface area contributed by atoms with Crippen LogP contribution in [0.2, 0.25) is 0 Å². The van der Waals surface area contributed by atoms with Gasteiger partial charge in [-0.25, -0.2) is 0 Å². The third-order valence-corrected chi connectivity index (χ3v) is 4.90. The van der Waals surface area contributed by atoms with Gasteiger partial charge in [0.1, 0.15) is 11.8 Å². The highest BCUT2D eigenvalue weighted by Gasteiger charge is 2.30. The number of likely N-dealkylation sites (N-methyl/N-ethyl adjacent to an activating group) is 1. The molecule has 2 aromatic rings. The van der Waals surface area contributed by atoms with Gasteiger partial charge < -0.3 is 15.0 Å². The van der Waals surface area contributed by atoms with Crippen LogP contribution in [-0.4, -0.2) is 47.0 Å². The van der Waals surface area contributed by atoms with Gasteiger partial charge in [0.25, 0.3) is 17.5 Å². The van der Waals surface area contributed by atoms with Gasteiger partial charge in [-0.15, -0.1) is 0 Å². The Morgan fingerprint density at radius 2 is 2.03 bits per heavy atom. The molecule has 1 aromatic carbocycles. The molecule has 1 amide bonds. The summed E-state index contributed by atoms with van der Waals surface area (Å²) in [5, 5.41) is 2.64. The molecular formula is C20H23F3N4O3. The highest BCUT2D eigenvalue weighted by molar-refractivity contribution is 5.92. The highest BCUT2D eigenvalue weighted by Crippen LogP contribution is 2.29. The van der Waals surface area contributed by atoms with Crippen molar-refractivity contribution in [3.8, 4) is 6.01 Å². The molecule has 0 spiro atoms. The first-order valence-electron chi connectivity index (χ1n) is 9.56. The number of halogens is 3. The Kier molecular flexibility index (Phi) is 6.45. The summed E-state index contributed by atoms with van der Waals surface area (Å²) in [6, 6.07) is 4.94. The van der Waals surface area contributed by atoms with Crippen molar-refractivity contribution in [3.05, 3.63) is 57.5 Å². The molecule has 2 atom stereocenters. The number of alkyl halides is 3. The van der Waals surface area contributed by atoms with Gasteiger partial charge in [0.2, 0.25) is 0 Å². The molecule has 0 saturated carbocycles. The number of H-pyrrole nitrogens is 1. The van der Waals surface area contributed by atoms with Gasteiger partial charge in [0, 0.05) is 12.6 Å². The maximum Gasteiger partial charge on any atom is 0.416 e. The molecule has 1 fully saturated rings. The number of benzene rings is 1. The van der Waals surface area contributed by atoms with Gasteiger partial charge >= 0.3 is 6.18 Å². The fourth-order valence-corrected chi connectivity index (χ4v) is 3.30. The lowest BCUT2D eigenvalue weighted by Gasteiger charge is -2.29. The number of piperidine rings is 1. The minimum absolute atomic E-state index is 0.0323. The molecule has 0 aliphatic carbocycles. The predicted octanol–water partition coefficient (Wildman–Crippen LogP) is 2.75. The van der Waals surface area contributed by atoms with E-state index in [9.17, 15) is 22.8 Å². The number of carbonyl (C=O) groups is 1. The number of carbonyl (C=O) groups excluding carboxylic acids is 1. The lowest BCUT2D eigenvalue weighted by Crippen LogP contribution is -2.39. The van der Waals surface area contributed by atoms with Crippen molar-refractivity contribution in [3.63, 3.8) is 0 Å². The third kappa shape index (κ3) is 5.59. The number of likely N-dealkylation sites (tertiary alicyclic amines) is 1. The molecule has 1 saturated heterocycles. The van der Waals surface area contributed by atoms with Gasteiger partial charge in [-0.1, -0.05) is 12.1 Å². The second kappa shape index (κ2) is 8.86. The summed E-state index contributed by atoms with van der Waals surface area (Å²) in [7, 11) is 1.97. The number of nitrogens with one attached hydrogen (secondary N) is 2. The van der Waals surface area contributed by atoms with Crippen LogP contribution in [0.15, 0.2) is 35.1 Å². The summed E-state index contributed by atoms with van der Waals surface area (Å²) < 4.78 is 43.8. The summed E-state index contributed by atoms with van der Waals surface area (Å²) in [5.74, 6) is -0.626. The summed E-state index contributed by atoms with van der Waals surface area (Å²) in [6.45, 7) is 3.28. The fourth-order valence-electron chi connectivity index (χ4n) is 3.30. The summed E-state index contributed by atoms with van der Waals surface area (Å²) in [4.78, 5) is 33.1. The predicted molar refractivity (Wildman–Crippen MR) is 103 cm³/mol. The molecule has 2 N–H and O–H groups in total. The minimum atomic E-state index is -4.43. The number of amides is 1. The van der Waals surface area contributed by atoms with Crippen LogP contribution in [0.4, 0.5) is 13.2 Å². The van der Waals surface area contributed by atoms with Crippen LogP contribution >= 0.6 is 0 Å². The molecule has 3 rings (SSSR count). The molecule has 10 heteroatoms. The van der Waals surface area contributed by atoms with Crippen LogP contribution < -0.4 is 15.6 Å². The van der Waals surface area contributed by atoms with Crippen molar-refractivity contribution in [1.82, 2.24) is 20.2 Å². The lowest BCUT2D eigenvalue weighted by atomic mass is 10.1. The SMILES string of the molecule is CC(NC(=O)c1cc(=O)[nH]c(OC2CCCN(C)C2)n1)c1ccc(C(F)(F)F)cc1. The van der Waals surface area contributed by atoms with Crippen LogP contribution in [0.3, 0.4) is 0 Å². The van der Waals surface area contributed by atoms with E-state index in [-0.39, 0.29) is 17.8 Å². The van der Waals surface area contributed by atoms with E-state index in [0.29, 0.717) is 12.1 Å². The first kappa shape index (κ1) is 21.8. The van der Waals surface area contributed by atoms with E-state index in [1.807, 2.05) is 7.05 Å². The zero-order valence-corrected chi connectivity index (χ0v) is 16.6. The highest BCUT2D eigenvalue weighted by atomic mass is 19.4. The largest absolute Gasteiger partial charge is 0.460 e. The monoisotopic (exact) mass is 424 g/mol. The summed E-state index contributed by atoms with van der Waals surface area (Å²) in [6.07, 6.45) is -2.80. The van der Waals surface area contributed by atoms with Gasteiger partial charge in [-0.2, -0.15) is 18.2 Å². The Bertz CT molecular complexity index is 944. The molecule has 2 heterocycles. The van der Waals surface area contributed by atoms with Crippen LogP contribution in [0.5, 0.6) is 6.01 Å². The number of nitrogens with zero attached hydrogens (tertiary/aromatic N) is 2. The number of hydrogen-bond acceptors (Lipinski definition) is 5. The van der Waals surface area contributed by atoms with E-state index in [1.54, 1.807) is 6.92 Å². The Balaban J connectivity index is 1.68. The number of rotatable bonds is 5. The Morgan fingerprint density at radius 1 is 1.33 bits per heavy atom. The first-order valence-corrected chi connectivity index (χ1v) is 9.56. The van der Waals surface area contributed by atoms with Gasteiger partial charge in [-0.3, -0.25) is 14.6 Å². The van der Waals surface area contributed by atoms with E-state index in [0.717, 1.165) is 37.6 Å². The Labute approximate surface area is 171 Å². The van der Waals surface area contributed by atoms with Gasteiger partial charge in [-0.05, 0) is 51.1 Å². The maximum absolute atomic E-state index is 12.7. The van der Waals surface area contributed by atoms with Crippen LogP contribution in [-0.2, 0) is 6.18 Å². The summed E-state index contributed by atoms with van der Waals surface area (Å²) in [5.41, 5.74) is -0.938. The fraction of sp³-hybridized carbons (Fsp3) is 0.450. The van der Waals surface area contributed by atoms with Crippen molar-refractivity contribution >= 4 is 5.91 Å². The van der Waals surface area contributed by atoms with E-state index in [1.165, 1.54) is 12.1 Å². The van der Waals surface area contributed by atoms with E-state index in [2.05, 4.69) is 20.2 Å². The zero-order valence-electron chi connectivity index (χ0n) is 16.6. The van der Waals surface area contributed by atoms with E-state index in [4.69, 9.17) is 4.74 Å². The van der Waals surface area contributed by atoms with Crippen LogP contribution in [0, 0.1) is 0 Å². The van der Waals surface area contributed by atoms with Crippen molar-refractivity contribution in [2.24, 2.45) is 0 Å². The number of aromatic amines is 1. The van der Waals surface area contributed by atoms with Gasteiger partial charge in [0.05, 0.1) is 11.6 Å². The second-order valence-corrected chi connectivity index (χ2v) is 7.40. The second-order valence-electron chi connectivity index (χ2n) is 7.40. The standard InChI is InChI=1S/C20H23F3N4O3/c1-12(13-5-7-14(8-6-13)20(21,22)23)24-18(29)16-10-17(28)26-19(25-16)30-15-4-3-9-27(2)11-15/h5-8,10,12,15H,3-4,9,11H2,1-2H3,(H,24,29)(H,25,26,28). The zero-order chi connectivity index (χ0) is 21.9. The van der Waals surface area contributed by atoms with Crippen molar-refractivity contribution < 1.29 is 22.7 Å². The minimum Gasteiger partial charge on any atom is -0.460 e. The van der Waals surface area contributed by atoms with E-state index >= 15 is 0 Å². The molecule has 162 valence electrons. The maximum atomic E-state index is 12.7. The number of aromatic nitrogens is 2. The molecular weight excluding hydrogens is 401 g/mol. The molecule has 1 aliphatic rings. The Morgan fingerprint density at radius 3 is 2.67 bits per heavy atom. The Hall–Kier alpha value is -2.88. The lowest BCUT2D eigenvalue weighted by molar-refractivity contribution is -0.137. The topological polar surface area (TPSA) is 87.3 Å². The normalized spacial score (nSPS) is 18.6. The number of ether oxygens (including phenoxy) is 1. The average molecular weight is 424 g/mol. The van der Waals surface area contributed by atoms with Gasteiger partial charge in [0.15, 0.2) is 0 Å². The smallest absolute Gasteiger partial charge is 0.416 e. The molecule has 2 unspecified atom stereocenters. The van der Waals surface area contributed by atoms with E-state index < -0.39 is 29.2 Å². The molecule has 7 nitrogen and oxygen atoms in total. The number of hydrogen-bond donors (Lipinski definition) is 2. The first-order chi connectivity index (χ1) is 14.1. The van der Waals surface area contributed by atoms with Crippen LogP contribution in [0.1, 0.15) is 47.4 Å². The molecule has 1 aliphatic heterocycles. The molecule has 1 aromatic heterocycles. The van der Waals surface area contributed by atoms with Crippen molar-refractivity contribution in [2.45, 2.75) is 38.1 Å². The average Bonchev–Trinajstić information content (AvgIpc) is 2.67. The van der Waals surface area contributed by atoms with Crippen LogP contribution in [0.25, 0.3) is 0 Å². The molecule has 0 radical (unpaired) electrons. The summed E-state index contributed by atoms with van der Waals surface area (Å²) >= 11 is 0.